The average Bonchev–Trinajstić information content (AvgIpc) is 2.33. The van der Waals surface area contributed by atoms with E-state index in [-0.39, 0.29) is 10.7 Å². The first-order valence-electron chi connectivity index (χ1n) is 7.59. The minimum Gasteiger partial charge on any atom is -0.0915 e. The molecule has 0 nitrogen and oxygen atoms in total. The van der Waals surface area contributed by atoms with Crippen LogP contribution in [-0.2, 0) is 0 Å². The lowest BCUT2D eigenvalue weighted by atomic mass is 9.59. The van der Waals surface area contributed by atoms with Gasteiger partial charge in [0.15, 0.2) is 0 Å². The van der Waals surface area contributed by atoms with Crippen LogP contribution in [0.15, 0.2) is 60.3 Å². The lowest BCUT2D eigenvalue weighted by molar-refractivity contribution is 0.394. The largest absolute Gasteiger partial charge is 0.119 e. The van der Waals surface area contributed by atoms with Crippen molar-refractivity contribution in [2.24, 2.45) is 5.41 Å². The molecular weight excluding hydrogens is 239 g/mol. The van der Waals surface area contributed by atoms with Crippen LogP contribution in [0, 0.1) is 5.41 Å². The second kappa shape index (κ2) is 8.84. The summed E-state index contributed by atoms with van der Waals surface area (Å²) in [4.78, 5) is 0. The molecule has 0 aliphatic rings. The van der Waals surface area contributed by atoms with Crippen LogP contribution in [0.1, 0.15) is 48.0 Å². The van der Waals surface area contributed by atoms with E-state index in [2.05, 4.69) is 104 Å². The summed E-state index contributed by atoms with van der Waals surface area (Å²) >= 11 is 0. The van der Waals surface area contributed by atoms with Crippen molar-refractivity contribution in [3.63, 3.8) is 0 Å². The molecule has 0 bridgehead atoms. The third-order valence-electron chi connectivity index (χ3n) is 3.51. The summed E-state index contributed by atoms with van der Waals surface area (Å²) in [5.74, 6) is 0. The second-order valence-electron chi connectivity index (χ2n) is 6.21. The molecule has 0 aromatic heterocycles. The lowest BCUT2D eigenvalue weighted by Gasteiger charge is -2.35. The van der Waals surface area contributed by atoms with Gasteiger partial charge in [0.1, 0.15) is 7.85 Å². The standard InChI is InChI=1S/C19H31B/c1-7-11-13-17(12-8-2)18(5,6)16-19(20,14-9-3)15-10-4/h7-15H,16,20H2,1-6H3/b11-7-,12-8-,14-9?,15-10?,17-13+. The van der Waals surface area contributed by atoms with Gasteiger partial charge in [-0.15, -0.1) is 0 Å². The van der Waals surface area contributed by atoms with Crippen molar-refractivity contribution in [3.05, 3.63) is 60.3 Å². The van der Waals surface area contributed by atoms with Crippen LogP contribution < -0.4 is 0 Å². The number of allylic oxidation sites excluding steroid dienone is 10. The third kappa shape index (κ3) is 6.28. The Kier molecular flexibility index (Phi) is 8.29. The van der Waals surface area contributed by atoms with Crippen LogP contribution in [0.4, 0.5) is 0 Å². The predicted molar refractivity (Wildman–Crippen MR) is 97.0 cm³/mol. The number of hydrogen-bond acceptors (Lipinski definition) is 0. The van der Waals surface area contributed by atoms with Gasteiger partial charge in [-0.3, -0.25) is 0 Å². The highest BCUT2D eigenvalue weighted by Gasteiger charge is 2.30. The Morgan fingerprint density at radius 1 is 0.900 bits per heavy atom. The smallest absolute Gasteiger partial charge is 0.0915 e. The molecule has 0 atom stereocenters. The Bertz CT molecular complexity index is 405. The van der Waals surface area contributed by atoms with Crippen molar-refractivity contribution in [2.75, 3.05) is 0 Å². The maximum Gasteiger partial charge on any atom is 0.119 e. The van der Waals surface area contributed by atoms with E-state index in [0.29, 0.717) is 0 Å². The van der Waals surface area contributed by atoms with Crippen molar-refractivity contribution < 1.29 is 0 Å². The van der Waals surface area contributed by atoms with E-state index >= 15 is 0 Å². The average molecular weight is 270 g/mol. The second-order valence-corrected chi connectivity index (χ2v) is 6.21. The fraction of sp³-hybridized carbons (Fsp3) is 0.474. The van der Waals surface area contributed by atoms with Crippen molar-refractivity contribution in [1.82, 2.24) is 0 Å². The molecule has 0 rings (SSSR count). The topological polar surface area (TPSA) is 0 Å². The predicted octanol–water partition coefficient (Wildman–Crippen LogP) is 5.43. The van der Waals surface area contributed by atoms with Gasteiger partial charge in [0.05, 0.1) is 0 Å². The third-order valence-corrected chi connectivity index (χ3v) is 3.51. The summed E-state index contributed by atoms with van der Waals surface area (Å²) in [6, 6.07) is 0. The van der Waals surface area contributed by atoms with E-state index in [9.17, 15) is 0 Å². The summed E-state index contributed by atoms with van der Waals surface area (Å²) < 4.78 is 0. The summed E-state index contributed by atoms with van der Waals surface area (Å²) in [5.41, 5.74) is 1.50. The molecule has 1 heteroatoms. The zero-order valence-electron chi connectivity index (χ0n) is 14.4. The van der Waals surface area contributed by atoms with Gasteiger partial charge in [-0.2, -0.15) is 0 Å². The van der Waals surface area contributed by atoms with Crippen molar-refractivity contribution in [1.29, 1.82) is 0 Å². The van der Waals surface area contributed by atoms with E-state index in [4.69, 9.17) is 0 Å². The fourth-order valence-corrected chi connectivity index (χ4v) is 2.88. The van der Waals surface area contributed by atoms with Crippen LogP contribution in [0.5, 0.6) is 0 Å². The molecule has 0 fully saturated rings. The van der Waals surface area contributed by atoms with Crippen LogP contribution in [0.2, 0.25) is 5.31 Å². The molecule has 110 valence electrons. The highest BCUT2D eigenvalue weighted by Crippen LogP contribution is 2.44. The summed E-state index contributed by atoms with van der Waals surface area (Å²) in [7, 11) is 2.30. The number of hydrogen-bond donors (Lipinski definition) is 0. The molecule has 0 saturated heterocycles. The Morgan fingerprint density at radius 3 is 1.85 bits per heavy atom. The monoisotopic (exact) mass is 270 g/mol. The SMILES string of the molecule is BC(C=CC)(C=CC)CC(C)(C)C(/C=C\C)=C/C=C\C. The van der Waals surface area contributed by atoms with E-state index in [1.165, 1.54) is 5.57 Å². The zero-order valence-corrected chi connectivity index (χ0v) is 14.4. The summed E-state index contributed by atoms with van der Waals surface area (Å²) in [5, 5.41) is 0.101. The van der Waals surface area contributed by atoms with Gasteiger partial charge in [0.2, 0.25) is 0 Å². The van der Waals surface area contributed by atoms with Crippen LogP contribution in [-0.4, -0.2) is 7.85 Å². The molecule has 0 aromatic rings. The highest BCUT2D eigenvalue weighted by molar-refractivity contribution is 6.18. The molecule has 0 heterocycles. The van der Waals surface area contributed by atoms with Gasteiger partial charge in [-0.1, -0.05) is 68.5 Å². The normalized spacial score (nSPS) is 17.8. The van der Waals surface area contributed by atoms with E-state index in [0.717, 1.165) is 6.42 Å². The molecule has 0 N–H and O–H groups in total. The summed E-state index contributed by atoms with van der Waals surface area (Å²) in [6.45, 7) is 13.0. The Balaban J connectivity index is 5.47. The van der Waals surface area contributed by atoms with E-state index < -0.39 is 0 Å². The van der Waals surface area contributed by atoms with Crippen LogP contribution in [0.25, 0.3) is 0 Å². The molecule has 0 aliphatic heterocycles. The van der Waals surface area contributed by atoms with Gasteiger partial charge >= 0.3 is 0 Å². The van der Waals surface area contributed by atoms with E-state index in [1.54, 1.807) is 0 Å². The molecule has 0 amide bonds. The zero-order chi connectivity index (χ0) is 15.6. The van der Waals surface area contributed by atoms with Crippen molar-refractivity contribution >= 4 is 7.85 Å². The van der Waals surface area contributed by atoms with Crippen LogP contribution >= 0.6 is 0 Å². The highest BCUT2D eigenvalue weighted by atomic mass is 14.3. The Labute approximate surface area is 127 Å². The van der Waals surface area contributed by atoms with Gasteiger partial charge in [-0.25, -0.2) is 0 Å². The first-order valence-corrected chi connectivity index (χ1v) is 7.59. The molecule has 20 heavy (non-hydrogen) atoms. The molecule has 0 unspecified atom stereocenters. The van der Waals surface area contributed by atoms with Gasteiger partial charge < -0.3 is 0 Å². The van der Waals surface area contributed by atoms with Crippen LogP contribution in [0.3, 0.4) is 0 Å². The van der Waals surface area contributed by atoms with Crippen molar-refractivity contribution in [3.8, 4) is 0 Å². The van der Waals surface area contributed by atoms with Gasteiger partial charge in [0.25, 0.3) is 0 Å². The molecule has 0 radical (unpaired) electrons. The Morgan fingerprint density at radius 2 is 1.45 bits per heavy atom. The fourth-order valence-electron chi connectivity index (χ4n) is 2.88. The first kappa shape index (κ1) is 18.8. The minimum atomic E-state index is 0.101. The quantitative estimate of drug-likeness (QED) is 0.329. The molecule has 0 aliphatic carbocycles. The maximum atomic E-state index is 2.33. The molecule has 0 saturated carbocycles. The molecule has 0 aromatic carbocycles. The Hall–Kier alpha value is -1.24. The van der Waals surface area contributed by atoms with Gasteiger partial charge in [0, 0.05) is 0 Å². The van der Waals surface area contributed by atoms with Gasteiger partial charge in [-0.05, 0) is 50.4 Å². The van der Waals surface area contributed by atoms with Crippen molar-refractivity contribution in [2.45, 2.75) is 53.3 Å². The number of rotatable bonds is 7. The molecular formula is C19H31B. The maximum absolute atomic E-state index is 2.33. The van der Waals surface area contributed by atoms with E-state index in [1.807, 2.05) is 0 Å². The lowest BCUT2D eigenvalue weighted by Crippen LogP contribution is -2.22. The summed E-state index contributed by atoms with van der Waals surface area (Å²) in [6.07, 6.45) is 20.8. The minimum absolute atomic E-state index is 0.101. The first-order chi connectivity index (χ1) is 9.35. The molecule has 0 spiro atoms.